The average Bonchev–Trinajstić information content (AvgIpc) is 2.37. The Kier molecular flexibility index (Phi) is 4.38. The zero-order valence-electron chi connectivity index (χ0n) is 12.0. The van der Waals surface area contributed by atoms with Crippen molar-refractivity contribution in [3.63, 3.8) is 0 Å². The van der Waals surface area contributed by atoms with Crippen molar-refractivity contribution in [3.05, 3.63) is 64.7 Å². The lowest BCUT2D eigenvalue weighted by atomic mass is 10.0. The average molecular weight is 283 g/mol. The van der Waals surface area contributed by atoms with Crippen LogP contribution in [0.1, 0.15) is 27.0 Å². The van der Waals surface area contributed by atoms with Gasteiger partial charge in [0.05, 0.1) is 12.0 Å². The smallest absolute Gasteiger partial charge is 0.335 e. The molecule has 2 N–H and O–H groups in total. The van der Waals surface area contributed by atoms with Gasteiger partial charge in [0.2, 0.25) is 5.91 Å². The van der Waals surface area contributed by atoms with Crippen molar-refractivity contribution in [3.8, 4) is 0 Å². The Bertz CT molecular complexity index is 672. The number of anilines is 1. The number of benzene rings is 2. The molecule has 4 heteroatoms. The maximum atomic E-state index is 12.1. The van der Waals surface area contributed by atoms with E-state index in [0.29, 0.717) is 5.56 Å². The number of aryl methyl sites for hydroxylation is 2. The van der Waals surface area contributed by atoms with Crippen LogP contribution in [0, 0.1) is 13.8 Å². The molecule has 0 fully saturated rings. The molecule has 0 aliphatic carbocycles. The summed E-state index contributed by atoms with van der Waals surface area (Å²) in [6, 6.07) is 12.3. The van der Waals surface area contributed by atoms with Crippen LogP contribution < -0.4 is 5.32 Å². The maximum absolute atomic E-state index is 12.1. The monoisotopic (exact) mass is 283 g/mol. The summed E-state index contributed by atoms with van der Waals surface area (Å²) in [6.45, 7) is 3.92. The Morgan fingerprint density at radius 2 is 1.67 bits per heavy atom. The van der Waals surface area contributed by atoms with E-state index in [4.69, 9.17) is 5.11 Å². The van der Waals surface area contributed by atoms with Gasteiger partial charge >= 0.3 is 5.97 Å². The van der Waals surface area contributed by atoms with Gasteiger partial charge in [-0.2, -0.15) is 0 Å². The van der Waals surface area contributed by atoms with Gasteiger partial charge in [0, 0.05) is 5.69 Å². The first-order valence-corrected chi connectivity index (χ1v) is 6.65. The fourth-order valence-electron chi connectivity index (χ4n) is 2.31. The number of amides is 1. The van der Waals surface area contributed by atoms with Crippen molar-refractivity contribution in [2.24, 2.45) is 0 Å². The van der Waals surface area contributed by atoms with Crippen LogP contribution in [0.25, 0.3) is 0 Å². The second-order valence-corrected chi connectivity index (χ2v) is 5.06. The van der Waals surface area contributed by atoms with Crippen LogP contribution in [0.15, 0.2) is 42.5 Å². The van der Waals surface area contributed by atoms with Gasteiger partial charge in [0.15, 0.2) is 0 Å². The molecule has 0 aromatic heterocycles. The third-order valence-corrected chi connectivity index (χ3v) is 3.10. The maximum Gasteiger partial charge on any atom is 0.335 e. The summed E-state index contributed by atoms with van der Waals surface area (Å²) in [5.74, 6) is -1.25. The van der Waals surface area contributed by atoms with E-state index in [1.54, 1.807) is 18.2 Å². The Labute approximate surface area is 123 Å². The number of rotatable bonds is 4. The zero-order valence-corrected chi connectivity index (χ0v) is 12.0. The molecule has 0 heterocycles. The van der Waals surface area contributed by atoms with E-state index in [1.165, 1.54) is 6.07 Å². The Hall–Kier alpha value is -2.62. The highest BCUT2D eigenvalue weighted by Gasteiger charge is 2.12. The van der Waals surface area contributed by atoms with E-state index in [2.05, 4.69) is 5.32 Å². The Balaban J connectivity index is 2.14. The number of carboxylic acids is 1. The Morgan fingerprint density at radius 1 is 1.05 bits per heavy atom. The zero-order chi connectivity index (χ0) is 15.4. The molecule has 0 saturated heterocycles. The lowest BCUT2D eigenvalue weighted by molar-refractivity contribution is -0.115. The molecule has 108 valence electrons. The van der Waals surface area contributed by atoms with Gasteiger partial charge in [0.1, 0.15) is 0 Å². The van der Waals surface area contributed by atoms with Gasteiger partial charge in [-0.25, -0.2) is 4.79 Å². The van der Waals surface area contributed by atoms with Gasteiger partial charge in [-0.3, -0.25) is 4.79 Å². The van der Waals surface area contributed by atoms with Crippen LogP contribution in [0.5, 0.6) is 0 Å². The topological polar surface area (TPSA) is 66.4 Å². The molecule has 1 amide bonds. The van der Waals surface area contributed by atoms with Crippen molar-refractivity contribution >= 4 is 17.6 Å². The van der Waals surface area contributed by atoms with Crippen LogP contribution in [-0.2, 0) is 11.2 Å². The molecular formula is C17H17NO3. The highest BCUT2D eigenvalue weighted by molar-refractivity contribution is 5.96. The van der Waals surface area contributed by atoms with Gasteiger partial charge < -0.3 is 10.4 Å². The summed E-state index contributed by atoms with van der Waals surface area (Å²) >= 11 is 0. The van der Waals surface area contributed by atoms with E-state index in [9.17, 15) is 9.59 Å². The van der Waals surface area contributed by atoms with Crippen LogP contribution >= 0.6 is 0 Å². The number of hydrogen-bond acceptors (Lipinski definition) is 2. The minimum Gasteiger partial charge on any atom is -0.478 e. The third kappa shape index (κ3) is 3.92. The summed E-state index contributed by atoms with van der Waals surface area (Å²) < 4.78 is 0. The normalized spacial score (nSPS) is 10.2. The predicted octanol–water partition coefficient (Wildman–Crippen LogP) is 3.18. The second kappa shape index (κ2) is 6.22. The minimum absolute atomic E-state index is 0.0372. The number of carbonyl (C=O) groups is 2. The molecule has 0 unspecified atom stereocenters. The van der Waals surface area contributed by atoms with E-state index in [1.807, 2.05) is 32.0 Å². The van der Waals surface area contributed by atoms with Crippen LogP contribution in [-0.4, -0.2) is 17.0 Å². The summed E-state index contributed by atoms with van der Waals surface area (Å²) in [5.41, 5.74) is 3.53. The first kappa shape index (κ1) is 14.8. The van der Waals surface area contributed by atoms with Gasteiger partial charge in [0.25, 0.3) is 0 Å². The van der Waals surface area contributed by atoms with Crippen molar-refractivity contribution in [2.45, 2.75) is 20.3 Å². The minimum atomic E-state index is -1.02. The highest BCUT2D eigenvalue weighted by atomic mass is 16.4. The van der Waals surface area contributed by atoms with Crippen LogP contribution in [0.4, 0.5) is 5.69 Å². The predicted molar refractivity (Wildman–Crippen MR) is 81.7 cm³/mol. The fraction of sp³-hybridized carbons (Fsp3) is 0.176. The van der Waals surface area contributed by atoms with E-state index in [-0.39, 0.29) is 17.9 Å². The fourth-order valence-corrected chi connectivity index (χ4v) is 2.31. The van der Waals surface area contributed by atoms with Crippen LogP contribution in [0.2, 0.25) is 0 Å². The number of aromatic carboxylic acids is 1. The lowest BCUT2D eigenvalue weighted by Gasteiger charge is -2.09. The molecule has 2 aromatic rings. The summed E-state index contributed by atoms with van der Waals surface area (Å²) in [4.78, 5) is 23.2. The molecular weight excluding hydrogens is 266 g/mol. The molecule has 0 spiro atoms. The molecule has 4 nitrogen and oxygen atoms in total. The first-order valence-electron chi connectivity index (χ1n) is 6.65. The SMILES string of the molecule is Cc1cc(C)cc(NC(=O)Cc2ccccc2C(=O)O)c1. The van der Waals surface area contributed by atoms with Crippen LogP contribution in [0.3, 0.4) is 0 Å². The molecule has 0 aliphatic heterocycles. The quantitative estimate of drug-likeness (QED) is 0.905. The first-order chi connectivity index (χ1) is 9.95. The largest absolute Gasteiger partial charge is 0.478 e. The van der Waals surface area contributed by atoms with Gasteiger partial charge in [-0.1, -0.05) is 24.3 Å². The van der Waals surface area contributed by atoms with E-state index < -0.39 is 5.97 Å². The summed E-state index contributed by atoms with van der Waals surface area (Å²) in [5, 5.41) is 11.9. The number of nitrogens with one attached hydrogen (secondary N) is 1. The summed E-state index contributed by atoms with van der Waals surface area (Å²) in [7, 11) is 0. The second-order valence-electron chi connectivity index (χ2n) is 5.06. The number of carboxylic acid groups (broad SMARTS) is 1. The molecule has 2 rings (SSSR count). The van der Waals surface area contributed by atoms with Gasteiger partial charge in [-0.15, -0.1) is 0 Å². The molecule has 2 aromatic carbocycles. The lowest BCUT2D eigenvalue weighted by Crippen LogP contribution is -2.16. The highest BCUT2D eigenvalue weighted by Crippen LogP contribution is 2.15. The van der Waals surface area contributed by atoms with Crippen molar-refractivity contribution in [1.82, 2.24) is 0 Å². The molecule has 0 radical (unpaired) electrons. The number of carbonyl (C=O) groups excluding carboxylic acids is 1. The van der Waals surface area contributed by atoms with Gasteiger partial charge in [-0.05, 0) is 48.7 Å². The number of hydrogen-bond donors (Lipinski definition) is 2. The van der Waals surface area contributed by atoms with E-state index >= 15 is 0 Å². The third-order valence-electron chi connectivity index (χ3n) is 3.10. The van der Waals surface area contributed by atoms with Crippen molar-refractivity contribution in [1.29, 1.82) is 0 Å². The molecule has 0 saturated carbocycles. The standard InChI is InChI=1S/C17H17NO3/c1-11-7-12(2)9-14(8-11)18-16(19)10-13-5-3-4-6-15(13)17(20)21/h3-9H,10H2,1-2H3,(H,18,19)(H,20,21). The molecule has 0 atom stereocenters. The molecule has 0 bridgehead atoms. The summed E-state index contributed by atoms with van der Waals surface area (Å²) in [6.07, 6.45) is 0.0372. The van der Waals surface area contributed by atoms with E-state index in [0.717, 1.165) is 16.8 Å². The van der Waals surface area contributed by atoms with Crippen molar-refractivity contribution < 1.29 is 14.7 Å². The molecule has 0 aliphatic rings. The molecule has 21 heavy (non-hydrogen) atoms. The van der Waals surface area contributed by atoms with Crippen molar-refractivity contribution in [2.75, 3.05) is 5.32 Å². The Morgan fingerprint density at radius 3 is 2.29 bits per heavy atom.